The van der Waals surface area contributed by atoms with Crippen LogP contribution in [0.25, 0.3) is 0 Å². The molecule has 0 aliphatic carbocycles. The Morgan fingerprint density at radius 2 is 2.50 bits per heavy atom. The highest BCUT2D eigenvalue weighted by Gasteiger charge is 2.06. The molecule has 0 aliphatic heterocycles. The van der Waals surface area contributed by atoms with E-state index in [1.54, 1.807) is 12.1 Å². The van der Waals surface area contributed by atoms with E-state index in [0.717, 1.165) is 4.47 Å². The summed E-state index contributed by atoms with van der Waals surface area (Å²) in [4.78, 5) is 0.675. The second-order valence-corrected chi connectivity index (χ2v) is 3.56. The summed E-state index contributed by atoms with van der Waals surface area (Å²) in [5.74, 6) is 0. The minimum absolute atomic E-state index is 0.675. The van der Waals surface area contributed by atoms with Gasteiger partial charge in [-0.3, -0.25) is 0 Å². The number of rotatable bonds is 1. The van der Waals surface area contributed by atoms with Gasteiger partial charge in [0.05, 0.1) is 6.07 Å². The highest BCUT2D eigenvalue weighted by molar-refractivity contribution is 9.10. The second kappa shape index (κ2) is 3.15. The van der Waals surface area contributed by atoms with Crippen LogP contribution >= 0.6 is 27.3 Å². The molecule has 1 rings (SSSR count). The van der Waals surface area contributed by atoms with E-state index in [9.17, 15) is 0 Å². The molecule has 1 aromatic rings. The molecule has 0 aliphatic rings. The van der Waals surface area contributed by atoms with E-state index < -0.39 is 6.10 Å². The van der Waals surface area contributed by atoms with Crippen molar-refractivity contribution in [3.8, 4) is 6.07 Å². The van der Waals surface area contributed by atoms with Crippen LogP contribution in [0.15, 0.2) is 15.9 Å². The van der Waals surface area contributed by atoms with Crippen molar-refractivity contribution in [1.82, 2.24) is 0 Å². The van der Waals surface area contributed by atoms with E-state index in [1.807, 2.05) is 5.38 Å². The number of nitrogens with zero attached hydrogens (tertiary/aromatic N) is 1. The van der Waals surface area contributed by atoms with Crippen LogP contribution in [0, 0.1) is 11.3 Å². The molecular weight excluding hydrogens is 214 g/mol. The molecule has 1 aromatic heterocycles. The van der Waals surface area contributed by atoms with Gasteiger partial charge in [0.15, 0.2) is 6.10 Å². The summed E-state index contributed by atoms with van der Waals surface area (Å²) in [6, 6.07) is 3.47. The zero-order valence-electron chi connectivity index (χ0n) is 4.91. The highest BCUT2D eigenvalue weighted by Crippen LogP contribution is 2.24. The van der Waals surface area contributed by atoms with Crippen LogP contribution in [0.1, 0.15) is 11.0 Å². The van der Waals surface area contributed by atoms with E-state index in [2.05, 4.69) is 15.9 Å². The van der Waals surface area contributed by atoms with Gasteiger partial charge in [-0.2, -0.15) is 5.26 Å². The first-order valence-corrected chi connectivity index (χ1v) is 4.23. The van der Waals surface area contributed by atoms with E-state index in [0.29, 0.717) is 4.88 Å². The summed E-state index contributed by atoms with van der Waals surface area (Å²) in [6.45, 7) is 0. The van der Waals surface area contributed by atoms with Crippen LogP contribution in [0.5, 0.6) is 0 Å². The number of aliphatic hydroxyl groups excluding tert-OH is 1. The average Bonchev–Trinajstić information content (AvgIpc) is 2.34. The topological polar surface area (TPSA) is 44.0 Å². The lowest BCUT2D eigenvalue weighted by Gasteiger charge is -1.92. The van der Waals surface area contributed by atoms with E-state index in [1.165, 1.54) is 11.3 Å². The maximum Gasteiger partial charge on any atom is 0.175 e. The fourth-order valence-corrected chi connectivity index (χ4v) is 1.91. The van der Waals surface area contributed by atoms with Gasteiger partial charge >= 0.3 is 0 Å². The van der Waals surface area contributed by atoms with Gasteiger partial charge in [-0.05, 0) is 22.0 Å². The highest BCUT2D eigenvalue weighted by atomic mass is 79.9. The smallest absolute Gasteiger partial charge is 0.175 e. The molecule has 1 atom stereocenters. The Bertz CT molecular complexity index is 265. The van der Waals surface area contributed by atoms with Crippen molar-refractivity contribution < 1.29 is 5.11 Å². The SMILES string of the molecule is N#CC(O)c1cc(Br)cs1. The lowest BCUT2D eigenvalue weighted by atomic mass is 10.3. The van der Waals surface area contributed by atoms with Crippen LogP contribution in [0.4, 0.5) is 0 Å². The molecule has 0 saturated heterocycles. The second-order valence-electron chi connectivity index (χ2n) is 1.70. The van der Waals surface area contributed by atoms with Gasteiger partial charge in [0, 0.05) is 14.7 Å². The Morgan fingerprint density at radius 1 is 1.80 bits per heavy atom. The van der Waals surface area contributed by atoms with Crippen LogP contribution in [-0.2, 0) is 0 Å². The number of halogens is 1. The summed E-state index contributed by atoms with van der Waals surface area (Å²) < 4.78 is 0.904. The monoisotopic (exact) mass is 217 g/mol. The summed E-state index contributed by atoms with van der Waals surface area (Å²) >= 11 is 4.58. The van der Waals surface area contributed by atoms with E-state index in [-0.39, 0.29) is 0 Å². The van der Waals surface area contributed by atoms with Gasteiger partial charge in [-0.1, -0.05) is 0 Å². The van der Waals surface area contributed by atoms with Crippen molar-refractivity contribution in [2.75, 3.05) is 0 Å². The molecule has 2 nitrogen and oxygen atoms in total. The molecule has 4 heteroatoms. The molecule has 0 spiro atoms. The van der Waals surface area contributed by atoms with Gasteiger partial charge in [0.25, 0.3) is 0 Å². The molecule has 0 aromatic carbocycles. The van der Waals surface area contributed by atoms with Gasteiger partial charge in [0.1, 0.15) is 0 Å². The Kier molecular flexibility index (Phi) is 2.44. The first-order chi connectivity index (χ1) is 4.74. The number of nitriles is 1. The summed E-state index contributed by atoms with van der Waals surface area (Å²) in [5.41, 5.74) is 0. The van der Waals surface area contributed by atoms with Gasteiger partial charge < -0.3 is 5.11 Å². The molecule has 0 bridgehead atoms. The standard InChI is InChI=1S/C6H4BrNOS/c7-4-1-6(10-3-4)5(9)2-8/h1,3,5,9H. The first kappa shape index (κ1) is 7.73. The number of aliphatic hydroxyl groups is 1. The zero-order valence-corrected chi connectivity index (χ0v) is 7.32. The molecule has 1 unspecified atom stereocenters. The molecule has 1 heterocycles. The normalized spacial score (nSPS) is 12.5. The van der Waals surface area contributed by atoms with Crippen LogP contribution < -0.4 is 0 Å². The molecule has 0 radical (unpaired) electrons. The third kappa shape index (κ3) is 1.57. The third-order valence-electron chi connectivity index (χ3n) is 0.980. The lowest BCUT2D eigenvalue weighted by Crippen LogP contribution is -1.86. The third-order valence-corrected chi connectivity index (χ3v) is 2.73. The van der Waals surface area contributed by atoms with Crippen LogP contribution in [-0.4, -0.2) is 5.11 Å². The Labute approximate surface area is 70.9 Å². The minimum Gasteiger partial charge on any atom is -0.373 e. The first-order valence-electron chi connectivity index (χ1n) is 2.55. The molecule has 52 valence electrons. The van der Waals surface area contributed by atoms with E-state index in [4.69, 9.17) is 10.4 Å². The summed E-state index contributed by atoms with van der Waals surface area (Å²) in [5, 5.41) is 19.1. The molecule has 1 N–H and O–H groups in total. The van der Waals surface area contributed by atoms with Gasteiger partial charge in [-0.15, -0.1) is 11.3 Å². The van der Waals surface area contributed by atoms with Crippen molar-refractivity contribution in [2.24, 2.45) is 0 Å². The fourth-order valence-electron chi connectivity index (χ4n) is 0.535. The molecule has 0 saturated carbocycles. The molecule has 10 heavy (non-hydrogen) atoms. The largest absolute Gasteiger partial charge is 0.373 e. The maximum absolute atomic E-state index is 8.97. The minimum atomic E-state index is -0.976. The fraction of sp³-hybridized carbons (Fsp3) is 0.167. The number of thiophene rings is 1. The van der Waals surface area contributed by atoms with Gasteiger partial charge in [0.2, 0.25) is 0 Å². The van der Waals surface area contributed by atoms with Crippen molar-refractivity contribution in [1.29, 1.82) is 5.26 Å². The summed E-state index contributed by atoms with van der Waals surface area (Å²) in [6.07, 6.45) is -0.976. The van der Waals surface area contributed by atoms with E-state index >= 15 is 0 Å². The predicted molar refractivity (Wildman–Crippen MR) is 42.6 cm³/mol. The van der Waals surface area contributed by atoms with Crippen molar-refractivity contribution >= 4 is 27.3 Å². The Balaban J connectivity index is 2.87. The van der Waals surface area contributed by atoms with Crippen LogP contribution in [0.3, 0.4) is 0 Å². The number of hydrogen-bond acceptors (Lipinski definition) is 3. The molecular formula is C6H4BrNOS. The number of hydrogen-bond donors (Lipinski definition) is 1. The van der Waals surface area contributed by atoms with Gasteiger partial charge in [-0.25, -0.2) is 0 Å². The lowest BCUT2D eigenvalue weighted by molar-refractivity contribution is 0.240. The molecule has 0 amide bonds. The van der Waals surface area contributed by atoms with Crippen molar-refractivity contribution in [2.45, 2.75) is 6.10 Å². The summed E-state index contributed by atoms with van der Waals surface area (Å²) in [7, 11) is 0. The average molecular weight is 218 g/mol. The predicted octanol–water partition coefficient (Wildman–Crippen LogP) is 2.07. The zero-order chi connectivity index (χ0) is 7.56. The van der Waals surface area contributed by atoms with Crippen LogP contribution in [0.2, 0.25) is 0 Å². The maximum atomic E-state index is 8.97. The Morgan fingerprint density at radius 3 is 2.90 bits per heavy atom. The Hall–Kier alpha value is -0.370. The quantitative estimate of drug-likeness (QED) is 0.733. The van der Waals surface area contributed by atoms with Crippen molar-refractivity contribution in [3.63, 3.8) is 0 Å². The van der Waals surface area contributed by atoms with Crippen molar-refractivity contribution in [3.05, 3.63) is 20.8 Å². The molecule has 0 fully saturated rings.